The van der Waals surface area contributed by atoms with Crippen LogP contribution in [-0.2, 0) is 21.2 Å². The number of carboxylic acids is 1. The average Bonchev–Trinajstić information content (AvgIpc) is 3.31. The maximum Gasteiger partial charge on any atom is 0.309 e. The van der Waals surface area contributed by atoms with E-state index in [0.29, 0.717) is 29.0 Å². The van der Waals surface area contributed by atoms with Gasteiger partial charge in [0, 0.05) is 17.8 Å². The zero-order valence-electron chi connectivity index (χ0n) is 18.2. The van der Waals surface area contributed by atoms with E-state index < -0.39 is 28.1 Å². The molecule has 2 aromatic carbocycles. The molecule has 33 heavy (non-hydrogen) atoms. The minimum Gasteiger partial charge on any atom is -0.494 e. The predicted molar refractivity (Wildman–Crippen MR) is 120 cm³/mol. The SMILES string of the molecule is CCOc1ccc(S(=O)(=O)N2C[C@H](n3nc(CC(=O)O)c4ccccc43)[C@H](C)[C@H]2C#N)cc1. The second-order valence-corrected chi connectivity index (χ2v) is 9.85. The first-order valence-electron chi connectivity index (χ1n) is 10.6. The summed E-state index contributed by atoms with van der Waals surface area (Å²) in [6.45, 7) is 4.18. The number of nitrogens with zero attached hydrogens (tertiary/aromatic N) is 4. The molecule has 0 aliphatic carbocycles. The van der Waals surface area contributed by atoms with Crippen molar-refractivity contribution in [1.82, 2.24) is 14.1 Å². The lowest BCUT2D eigenvalue weighted by Crippen LogP contribution is -2.36. The monoisotopic (exact) mass is 468 g/mol. The fraction of sp³-hybridized carbons (Fsp3) is 0.348. The highest BCUT2D eigenvalue weighted by Gasteiger charge is 2.47. The Morgan fingerprint density at radius 3 is 2.58 bits per heavy atom. The Kier molecular flexibility index (Phi) is 6.10. The Morgan fingerprint density at radius 2 is 1.94 bits per heavy atom. The first-order chi connectivity index (χ1) is 15.8. The van der Waals surface area contributed by atoms with Crippen molar-refractivity contribution < 1.29 is 23.1 Å². The third-order valence-electron chi connectivity index (χ3n) is 5.98. The number of benzene rings is 2. The van der Waals surface area contributed by atoms with Gasteiger partial charge in [0.25, 0.3) is 0 Å². The summed E-state index contributed by atoms with van der Waals surface area (Å²) in [5.74, 6) is -0.803. The van der Waals surface area contributed by atoms with Crippen LogP contribution in [-0.4, -0.2) is 52.8 Å². The number of para-hydroxylation sites is 1. The number of rotatable bonds is 7. The molecule has 1 aromatic heterocycles. The van der Waals surface area contributed by atoms with Crippen molar-refractivity contribution in [2.24, 2.45) is 5.92 Å². The third-order valence-corrected chi connectivity index (χ3v) is 7.84. The largest absolute Gasteiger partial charge is 0.494 e. The number of nitriles is 1. The topological polar surface area (TPSA) is 126 Å². The molecule has 0 unspecified atom stereocenters. The van der Waals surface area contributed by atoms with Crippen LogP contribution < -0.4 is 4.74 Å². The van der Waals surface area contributed by atoms with Crippen molar-refractivity contribution in [3.05, 3.63) is 54.2 Å². The fourth-order valence-corrected chi connectivity index (χ4v) is 6.00. The van der Waals surface area contributed by atoms with Gasteiger partial charge in [-0.25, -0.2) is 8.42 Å². The van der Waals surface area contributed by atoms with Gasteiger partial charge < -0.3 is 9.84 Å². The molecule has 3 aromatic rings. The lowest BCUT2D eigenvalue weighted by molar-refractivity contribution is -0.136. The quantitative estimate of drug-likeness (QED) is 0.565. The smallest absolute Gasteiger partial charge is 0.309 e. The summed E-state index contributed by atoms with van der Waals surface area (Å²) >= 11 is 0. The number of aliphatic carboxylic acids is 1. The Labute approximate surface area is 191 Å². The molecule has 3 atom stereocenters. The van der Waals surface area contributed by atoms with Crippen LogP contribution in [0.15, 0.2) is 53.4 Å². The minimum atomic E-state index is -3.95. The summed E-state index contributed by atoms with van der Waals surface area (Å²) in [5, 5.41) is 24.4. The van der Waals surface area contributed by atoms with Gasteiger partial charge in [0.15, 0.2) is 0 Å². The van der Waals surface area contributed by atoms with E-state index in [4.69, 9.17) is 4.74 Å². The van der Waals surface area contributed by atoms with Crippen molar-refractivity contribution in [3.63, 3.8) is 0 Å². The minimum absolute atomic E-state index is 0.0487. The van der Waals surface area contributed by atoms with E-state index in [9.17, 15) is 23.6 Å². The third kappa shape index (κ3) is 4.05. The van der Waals surface area contributed by atoms with Gasteiger partial charge in [0.05, 0.1) is 41.2 Å². The molecular formula is C23H24N4O5S. The summed E-state index contributed by atoms with van der Waals surface area (Å²) < 4.78 is 35.2. The van der Waals surface area contributed by atoms with E-state index in [1.165, 1.54) is 16.4 Å². The highest BCUT2D eigenvalue weighted by atomic mass is 32.2. The van der Waals surface area contributed by atoms with E-state index in [-0.39, 0.29) is 23.8 Å². The second kappa shape index (κ2) is 8.84. The summed E-state index contributed by atoms with van der Waals surface area (Å²) in [6.07, 6.45) is -0.246. The molecule has 0 spiro atoms. The van der Waals surface area contributed by atoms with Gasteiger partial charge >= 0.3 is 5.97 Å². The molecule has 172 valence electrons. The summed E-state index contributed by atoms with van der Waals surface area (Å²) in [7, 11) is -3.95. The van der Waals surface area contributed by atoms with Crippen molar-refractivity contribution in [2.45, 2.75) is 37.2 Å². The molecule has 0 bridgehead atoms. The molecule has 1 saturated heterocycles. The summed E-state index contributed by atoms with van der Waals surface area (Å²) in [4.78, 5) is 11.4. The van der Waals surface area contributed by atoms with E-state index in [2.05, 4.69) is 11.2 Å². The van der Waals surface area contributed by atoms with Crippen LogP contribution in [0.4, 0.5) is 0 Å². The van der Waals surface area contributed by atoms with Crippen molar-refractivity contribution >= 4 is 26.9 Å². The van der Waals surface area contributed by atoms with Crippen molar-refractivity contribution in [3.8, 4) is 11.8 Å². The fourth-order valence-electron chi connectivity index (χ4n) is 4.36. The molecule has 9 nitrogen and oxygen atoms in total. The van der Waals surface area contributed by atoms with Crippen LogP contribution in [0.3, 0.4) is 0 Å². The highest BCUT2D eigenvalue weighted by Crippen LogP contribution is 2.38. The number of carboxylic acid groups (broad SMARTS) is 1. The zero-order chi connectivity index (χ0) is 23.8. The lowest BCUT2D eigenvalue weighted by Gasteiger charge is -2.20. The number of sulfonamides is 1. The summed E-state index contributed by atoms with van der Waals surface area (Å²) in [6, 6.07) is 14.2. The van der Waals surface area contributed by atoms with E-state index >= 15 is 0 Å². The maximum absolute atomic E-state index is 13.4. The standard InChI is InChI=1S/C23H24N4O5S/c1-3-32-16-8-10-17(11-9-16)33(30,31)26-14-22(15(2)21(26)13-24)27-20-7-5-4-6-18(20)19(25-27)12-23(28)29/h4-11,15,21-22H,3,12,14H2,1-2H3,(H,28,29)/t15-,21-,22+/m1/s1. The molecule has 4 rings (SSSR count). The zero-order valence-corrected chi connectivity index (χ0v) is 19.1. The Bertz CT molecular complexity index is 1330. The van der Waals surface area contributed by atoms with Crippen LogP contribution >= 0.6 is 0 Å². The molecule has 0 saturated carbocycles. The van der Waals surface area contributed by atoms with Crippen LogP contribution in [0.2, 0.25) is 0 Å². The molecule has 1 aliphatic heterocycles. The van der Waals surface area contributed by atoms with Crippen molar-refractivity contribution in [1.29, 1.82) is 5.26 Å². The second-order valence-electron chi connectivity index (χ2n) is 7.96. The number of aromatic nitrogens is 2. The molecular weight excluding hydrogens is 444 g/mol. The van der Waals surface area contributed by atoms with Gasteiger partial charge in [-0.2, -0.15) is 14.7 Å². The number of ether oxygens (including phenoxy) is 1. The van der Waals surface area contributed by atoms with Gasteiger partial charge in [0.1, 0.15) is 11.8 Å². The predicted octanol–water partition coefficient (Wildman–Crippen LogP) is 2.84. The number of hydrogen-bond donors (Lipinski definition) is 1. The van der Waals surface area contributed by atoms with E-state index in [1.807, 2.05) is 26.0 Å². The number of fused-ring (bicyclic) bond motifs is 1. The first kappa shape index (κ1) is 22.8. The van der Waals surface area contributed by atoms with Gasteiger partial charge in [0.2, 0.25) is 10.0 Å². The van der Waals surface area contributed by atoms with E-state index in [1.54, 1.807) is 28.9 Å². The van der Waals surface area contributed by atoms with Crippen LogP contribution in [0.1, 0.15) is 25.6 Å². The van der Waals surface area contributed by atoms with Gasteiger partial charge in [-0.3, -0.25) is 9.48 Å². The number of carbonyl (C=O) groups is 1. The van der Waals surface area contributed by atoms with Crippen LogP contribution in [0.25, 0.3) is 10.9 Å². The molecule has 0 amide bonds. The Morgan fingerprint density at radius 1 is 1.24 bits per heavy atom. The summed E-state index contributed by atoms with van der Waals surface area (Å²) in [5.41, 5.74) is 1.12. The molecule has 10 heteroatoms. The Hall–Kier alpha value is -3.42. The van der Waals surface area contributed by atoms with Crippen LogP contribution in [0, 0.1) is 17.2 Å². The van der Waals surface area contributed by atoms with E-state index in [0.717, 1.165) is 0 Å². The molecule has 0 radical (unpaired) electrons. The molecule has 1 aliphatic rings. The highest BCUT2D eigenvalue weighted by molar-refractivity contribution is 7.89. The van der Waals surface area contributed by atoms with Gasteiger partial charge in [-0.05, 0) is 37.3 Å². The van der Waals surface area contributed by atoms with Gasteiger partial charge in [-0.15, -0.1) is 0 Å². The van der Waals surface area contributed by atoms with Gasteiger partial charge in [-0.1, -0.05) is 25.1 Å². The van der Waals surface area contributed by atoms with Crippen LogP contribution in [0.5, 0.6) is 5.75 Å². The Balaban J connectivity index is 1.73. The average molecular weight is 469 g/mol. The maximum atomic E-state index is 13.4. The first-order valence-corrected chi connectivity index (χ1v) is 12.0. The molecule has 1 N–H and O–H groups in total. The van der Waals surface area contributed by atoms with Crippen molar-refractivity contribution in [2.75, 3.05) is 13.2 Å². The lowest BCUT2D eigenvalue weighted by atomic mass is 10.00. The number of hydrogen-bond acceptors (Lipinski definition) is 6. The normalized spacial score (nSPS) is 21.2. The molecule has 1 fully saturated rings. The molecule has 2 heterocycles.